The molecule has 0 spiro atoms. The molecule has 0 bridgehead atoms. The lowest BCUT2D eigenvalue weighted by atomic mass is 10.1. The number of nitrogens with one attached hydrogen (secondary N) is 1. The van der Waals surface area contributed by atoms with E-state index in [0.29, 0.717) is 25.2 Å². The Hall–Kier alpha value is -3.33. The Morgan fingerprint density at radius 2 is 2.00 bits per heavy atom. The van der Waals surface area contributed by atoms with E-state index in [-0.39, 0.29) is 29.1 Å². The number of anilines is 1. The van der Waals surface area contributed by atoms with Gasteiger partial charge in [-0.3, -0.25) is 4.79 Å². The Kier molecular flexibility index (Phi) is 4.90. The van der Waals surface area contributed by atoms with Crippen LogP contribution >= 0.6 is 11.3 Å². The van der Waals surface area contributed by atoms with Crippen molar-refractivity contribution in [2.75, 3.05) is 18.4 Å². The van der Waals surface area contributed by atoms with Crippen molar-refractivity contribution in [1.29, 1.82) is 0 Å². The smallest absolute Gasteiger partial charge is 0.296 e. The third-order valence-corrected chi connectivity index (χ3v) is 6.25. The van der Waals surface area contributed by atoms with Gasteiger partial charge in [-0.1, -0.05) is 30.3 Å². The molecular weight excluding hydrogens is 422 g/mol. The molecule has 1 fully saturated rings. The summed E-state index contributed by atoms with van der Waals surface area (Å²) in [6.07, 6.45) is 0.672. The highest BCUT2D eigenvalue weighted by Crippen LogP contribution is 2.32. The number of aryl methyl sites for hydroxylation is 1. The van der Waals surface area contributed by atoms with E-state index in [9.17, 15) is 13.6 Å². The fourth-order valence-electron chi connectivity index (χ4n) is 3.74. The zero-order chi connectivity index (χ0) is 21.5. The number of benzene rings is 2. The zero-order valence-electron chi connectivity index (χ0n) is 16.6. The minimum absolute atomic E-state index is 0.105. The van der Waals surface area contributed by atoms with Gasteiger partial charge in [0.05, 0.1) is 9.88 Å². The van der Waals surface area contributed by atoms with Gasteiger partial charge in [-0.2, -0.15) is 9.37 Å². The number of hydrogen-bond acceptors (Lipinski definition) is 6. The van der Waals surface area contributed by atoms with E-state index in [0.717, 1.165) is 21.5 Å². The van der Waals surface area contributed by atoms with Crippen LogP contribution in [-0.2, 0) is 0 Å². The maximum absolute atomic E-state index is 13.9. The molecular formula is C22H18F2N4O2S. The van der Waals surface area contributed by atoms with Crippen LogP contribution in [0.25, 0.3) is 21.5 Å². The van der Waals surface area contributed by atoms with Crippen molar-refractivity contribution in [3.05, 3.63) is 64.8 Å². The van der Waals surface area contributed by atoms with Crippen molar-refractivity contribution in [2.24, 2.45) is 0 Å². The molecule has 1 N–H and O–H groups in total. The molecule has 2 aromatic carbocycles. The Morgan fingerprint density at radius 1 is 1.19 bits per heavy atom. The molecule has 1 aliphatic heterocycles. The first kappa shape index (κ1) is 19.6. The maximum Gasteiger partial charge on any atom is 0.296 e. The molecule has 0 unspecified atom stereocenters. The van der Waals surface area contributed by atoms with E-state index in [1.165, 1.54) is 17.4 Å². The second-order valence-electron chi connectivity index (χ2n) is 7.39. The van der Waals surface area contributed by atoms with Gasteiger partial charge in [0, 0.05) is 19.1 Å². The fraction of sp³-hybridized carbons (Fsp3) is 0.227. The van der Waals surface area contributed by atoms with Crippen LogP contribution < -0.4 is 5.32 Å². The quantitative estimate of drug-likeness (QED) is 0.491. The van der Waals surface area contributed by atoms with Gasteiger partial charge in [-0.15, -0.1) is 11.3 Å². The summed E-state index contributed by atoms with van der Waals surface area (Å²) in [5.41, 5.74) is 1.43. The molecule has 31 heavy (non-hydrogen) atoms. The first-order chi connectivity index (χ1) is 15.0. The van der Waals surface area contributed by atoms with E-state index >= 15 is 0 Å². The monoisotopic (exact) mass is 440 g/mol. The number of rotatable bonds is 4. The highest BCUT2D eigenvalue weighted by atomic mass is 32.1. The predicted molar refractivity (Wildman–Crippen MR) is 114 cm³/mol. The summed E-state index contributed by atoms with van der Waals surface area (Å²) in [6, 6.07) is 12.1. The molecule has 3 heterocycles. The van der Waals surface area contributed by atoms with Crippen LogP contribution in [-0.4, -0.2) is 39.9 Å². The van der Waals surface area contributed by atoms with Crippen LogP contribution in [0.3, 0.4) is 0 Å². The highest BCUT2D eigenvalue weighted by molar-refractivity contribution is 7.15. The first-order valence-corrected chi connectivity index (χ1v) is 10.6. The van der Waals surface area contributed by atoms with Crippen LogP contribution in [0.1, 0.15) is 21.9 Å². The molecule has 0 radical (unpaired) electrons. The molecule has 1 amide bonds. The van der Waals surface area contributed by atoms with Crippen molar-refractivity contribution >= 4 is 34.4 Å². The van der Waals surface area contributed by atoms with Crippen LogP contribution in [0.5, 0.6) is 0 Å². The number of oxazole rings is 1. The summed E-state index contributed by atoms with van der Waals surface area (Å²) in [5.74, 6) is -2.17. The van der Waals surface area contributed by atoms with Crippen molar-refractivity contribution in [3.63, 3.8) is 0 Å². The van der Waals surface area contributed by atoms with Crippen LogP contribution in [0.2, 0.25) is 0 Å². The minimum Gasteiger partial charge on any atom is -0.420 e. The Balaban J connectivity index is 1.32. The number of aromatic nitrogens is 2. The molecule has 2 aromatic heterocycles. The Labute approximate surface area is 180 Å². The summed E-state index contributed by atoms with van der Waals surface area (Å²) in [7, 11) is 0. The van der Waals surface area contributed by atoms with Gasteiger partial charge in [0.2, 0.25) is 5.82 Å². The standard InChI is InChI=1S/C22H18F2N4O2S/c1-12-25-18(20(31-12)13-5-3-2-4-6-13)21(29)28-10-9-14(11-28)26-22-27-16-8-7-15(23)17(24)19(16)30-22/h2-8,14H,9-11H2,1H3,(H,26,27)/t14-/m1/s1. The number of carbonyl (C=O) groups excluding carboxylic acids is 1. The van der Waals surface area contributed by atoms with E-state index in [1.54, 1.807) is 4.90 Å². The molecule has 9 heteroatoms. The van der Waals surface area contributed by atoms with E-state index < -0.39 is 11.6 Å². The third kappa shape index (κ3) is 3.65. The molecule has 5 rings (SSSR count). The van der Waals surface area contributed by atoms with Crippen LogP contribution in [0.4, 0.5) is 14.8 Å². The molecule has 0 saturated carbocycles. The van der Waals surface area contributed by atoms with Gasteiger partial charge in [0.1, 0.15) is 11.2 Å². The Morgan fingerprint density at radius 3 is 2.81 bits per heavy atom. The summed E-state index contributed by atoms with van der Waals surface area (Å²) < 4.78 is 32.6. The van der Waals surface area contributed by atoms with Crippen molar-refractivity contribution in [3.8, 4) is 10.4 Å². The maximum atomic E-state index is 13.9. The summed E-state index contributed by atoms with van der Waals surface area (Å²) in [6.45, 7) is 2.86. The lowest BCUT2D eigenvalue weighted by molar-refractivity contribution is 0.0787. The highest BCUT2D eigenvalue weighted by Gasteiger charge is 2.31. The normalized spacial score (nSPS) is 16.2. The number of nitrogens with zero attached hydrogens (tertiary/aromatic N) is 3. The van der Waals surface area contributed by atoms with Crippen molar-refractivity contribution in [2.45, 2.75) is 19.4 Å². The number of thiazole rings is 1. The zero-order valence-corrected chi connectivity index (χ0v) is 17.4. The summed E-state index contributed by atoms with van der Waals surface area (Å²) >= 11 is 1.50. The minimum atomic E-state index is -1.06. The molecule has 0 aliphatic carbocycles. The van der Waals surface area contributed by atoms with E-state index in [1.807, 2.05) is 37.3 Å². The van der Waals surface area contributed by atoms with Gasteiger partial charge in [-0.05, 0) is 31.0 Å². The van der Waals surface area contributed by atoms with Gasteiger partial charge >= 0.3 is 0 Å². The SMILES string of the molecule is Cc1nc(C(=O)N2CC[C@@H](Nc3nc4ccc(F)c(F)c4o3)C2)c(-c2ccccc2)s1. The van der Waals surface area contributed by atoms with E-state index in [2.05, 4.69) is 15.3 Å². The first-order valence-electron chi connectivity index (χ1n) is 9.83. The lowest BCUT2D eigenvalue weighted by Crippen LogP contribution is -2.32. The van der Waals surface area contributed by atoms with Crippen molar-refractivity contribution < 1.29 is 18.0 Å². The third-order valence-electron chi connectivity index (χ3n) is 5.23. The number of halogens is 2. The largest absolute Gasteiger partial charge is 0.420 e. The topological polar surface area (TPSA) is 71.3 Å². The van der Waals surface area contributed by atoms with Crippen LogP contribution in [0.15, 0.2) is 46.9 Å². The molecule has 1 saturated heterocycles. The molecule has 6 nitrogen and oxygen atoms in total. The number of amides is 1. The average molecular weight is 440 g/mol. The Bertz CT molecular complexity index is 1270. The second-order valence-corrected chi connectivity index (χ2v) is 8.59. The van der Waals surface area contributed by atoms with Gasteiger partial charge in [-0.25, -0.2) is 9.37 Å². The fourth-order valence-corrected chi connectivity index (χ4v) is 4.66. The summed E-state index contributed by atoms with van der Waals surface area (Å²) in [4.78, 5) is 24.4. The van der Waals surface area contributed by atoms with E-state index in [4.69, 9.17) is 4.42 Å². The number of carbonyl (C=O) groups is 1. The second kappa shape index (κ2) is 7.73. The predicted octanol–water partition coefficient (Wildman–Crippen LogP) is 4.86. The average Bonchev–Trinajstić information content (AvgIpc) is 3.50. The summed E-state index contributed by atoms with van der Waals surface area (Å²) in [5, 5.41) is 3.92. The van der Waals surface area contributed by atoms with Gasteiger partial charge in [0.15, 0.2) is 11.4 Å². The molecule has 1 aliphatic rings. The number of likely N-dealkylation sites (tertiary alicyclic amines) is 1. The number of hydrogen-bond donors (Lipinski definition) is 1. The molecule has 158 valence electrons. The van der Waals surface area contributed by atoms with Crippen LogP contribution in [0, 0.1) is 18.6 Å². The number of fused-ring (bicyclic) bond motifs is 1. The van der Waals surface area contributed by atoms with Crippen molar-refractivity contribution in [1.82, 2.24) is 14.9 Å². The van der Waals surface area contributed by atoms with Gasteiger partial charge in [0.25, 0.3) is 11.9 Å². The molecule has 1 atom stereocenters. The molecule has 4 aromatic rings. The van der Waals surface area contributed by atoms with Gasteiger partial charge < -0.3 is 14.6 Å². The lowest BCUT2D eigenvalue weighted by Gasteiger charge is -2.16.